The van der Waals surface area contributed by atoms with Crippen LogP contribution in [0, 0.1) is 0 Å². The molecule has 3 heteroatoms. The predicted molar refractivity (Wildman–Crippen MR) is 64.0 cm³/mol. The van der Waals surface area contributed by atoms with Crippen LogP contribution in [0.1, 0.15) is 33.1 Å². The Hall–Kier alpha value is 0.270. The molecule has 0 aromatic carbocycles. The molecule has 1 fully saturated rings. The summed E-state index contributed by atoms with van der Waals surface area (Å²) in [6.45, 7) is 5.05. The van der Waals surface area contributed by atoms with E-state index < -0.39 is 0 Å². The minimum Gasteiger partial charge on any atom is -0.377 e. The number of rotatable bonds is 5. The highest BCUT2D eigenvalue weighted by Crippen LogP contribution is 2.27. The zero-order valence-electron chi connectivity index (χ0n) is 9.58. The lowest BCUT2D eigenvalue weighted by atomic mass is 10.1. The predicted octanol–water partition coefficient (Wildman–Crippen LogP) is 2.29. The topological polar surface area (TPSA) is 21.3 Å². The van der Waals surface area contributed by atoms with E-state index >= 15 is 0 Å². The van der Waals surface area contributed by atoms with Crippen molar-refractivity contribution < 1.29 is 4.74 Å². The summed E-state index contributed by atoms with van der Waals surface area (Å²) >= 11 is 2.11. The third kappa shape index (κ3) is 4.20. The number of hydrogen-bond acceptors (Lipinski definition) is 3. The van der Waals surface area contributed by atoms with E-state index in [0.717, 1.165) is 11.9 Å². The summed E-state index contributed by atoms with van der Waals surface area (Å²) in [5.74, 6) is 1.32. The molecule has 0 spiro atoms. The molecule has 1 heterocycles. The Bertz CT molecular complexity index is 146. The lowest BCUT2D eigenvalue weighted by molar-refractivity contribution is 0.0616. The van der Waals surface area contributed by atoms with Gasteiger partial charge in [-0.25, -0.2) is 0 Å². The van der Waals surface area contributed by atoms with Crippen LogP contribution in [-0.4, -0.2) is 36.8 Å². The van der Waals surface area contributed by atoms with Gasteiger partial charge in [-0.2, -0.15) is 11.8 Å². The Morgan fingerprint density at radius 2 is 2.21 bits per heavy atom. The average molecular weight is 217 g/mol. The van der Waals surface area contributed by atoms with Crippen LogP contribution < -0.4 is 5.32 Å². The molecular formula is C11H23NOS. The molecule has 0 amide bonds. The maximum Gasteiger partial charge on any atom is 0.0633 e. The van der Waals surface area contributed by atoms with Gasteiger partial charge in [-0.1, -0.05) is 6.42 Å². The second-order valence-corrected chi connectivity index (χ2v) is 5.53. The zero-order chi connectivity index (χ0) is 10.4. The maximum atomic E-state index is 5.67. The Balaban J connectivity index is 2.28. The van der Waals surface area contributed by atoms with E-state index in [1.807, 2.05) is 7.05 Å². The van der Waals surface area contributed by atoms with Crippen molar-refractivity contribution >= 4 is 11.8 Å². The summed E-state index contributed by atoms with van der Waals surface area (Å²) in [5.41, 5.74) is 0. The first-order valence-corrected chi connectivity index (χ1v) is 6.69. The van der Waals surface area contributed by atoms with Gasteiger partial charge in [0.05, 0.1) is 12.7 Å². The molecule has 84 valence electrons. The molecule has 0 aliphatic carbocycles. The molecule has 2 atom stereocenters. The molecule has 2 nitrogen and oxygen atoms in total. The zero-order valence-corrected chi connectivity index (χ0v) is 10.4. The van der Waals surface area contributed by atoms with E-state index in [0.29, 0.717) is 12.1 Å². The highest BCUT2D eigenvalue weighted by molar-refractivity contribution is 8.00. The molecule has 2 unspecified atom stereocenters. The van der Waals surface area contributed by atoms with Crippen LogP contribution in [-0.2, 0) is 4.74 Å². The number of nitrogens with one attached hydrogen (secondary N) is 1. The van der Waals surface area contributed by atoms with Gasteiger partial charge in [0, 0.05) is 11.3 Å². The second-order valence-electron chi connectivity index (χ2n) is 4.18. The molecule has 0 bridgehead atoms. The van der Waals surface area contributed by atoms with E-state index in [9.17, 15) is 0 Å². The standard InChI is InChI=1S/C11H23NOS/c1-9(2)13-8-10(12-3)11-6-4-5-7-14-11/h9-12H,4-8H2,1-3H3. The lowest BCUT2D eigenvalue weighted by Crippen LogP contribution is -2.41. The van der Waals surface area contributed by atoms with Gasteiger partial charge in [0.25, 0.3) is 0 Å². The minimum atomic E-state index is 0.347. The van der Waals surface area contributed by atoms with Gasteiger partial charge >= 0.3 is 0 Å². The van der Waals surface area contributed by atoms with Crippen molar-refractivity contribution in [3.63, 3.8) is 0 Å². The van der Waals surface area contributed by atoms with Crippen molar-refractivity contribution in [2.75, 3.05) is 19.4 Å². The third-order valence-corrected chi connectivity index (χ3v) is 4.16. The van der Waals surface area contributed by atoms with E-state index in [4.69, 9.17) is 4.74 Å². The van der Waals surface area contributed by atoms with Crippen molar-refractivity contribution in [2.24, 2.45) is 0 Å². The first-order chi connectivity index (χ1) is 6.74. The average Bonchev–Trinajstić information content (AvgIpc) is 2.20. The van der Waals surface area contributed by atoms with Crippen LogP contribution in [0.3, 0.4) is 0 Å². The molecule has 1 rings (SSSR count). The molecule has 1 N–H and O–H groups in total. The summed E-state index contributed by atoms with van der Waals surface area (Å²) in [4.78, 5) is 0. The van der Waals surface area contributed by atoms with Gasteiger partial charge in [-0.15, -0.1) is 0 Å². The highest BCUT2D eigenvalue weighted by Gasteiger charge is 2.23. The van der Waals surface area contributed by atoms with Gasteiger partial charge < -0.3 is 10.1 Å². The SMILES string of the molecule is CNC(COC(C)C)C1CCCCS1. The smallest absolute Gasteiger partial charge is 0.0633 e. The van der Waals surface area contributed by atoms with Gasteiger partial charge in [-0.05, 0) is 39.5 Å². The van der Waals surface area contributed by atoms with Crippen molar-refractivity contribution in [3.8, 4) is 0 Å². The Labute approximate surface area is 92.2 Å². The number of ether oxygens (including phenoxy) is 1. The fourth-order valence-corrected chi connectivity index (χ4v) is 3.21. The molecule has 0 aromatic heterocycles. The largest absolute Gasteiger partial charge is 0.377 e. The molecule has 0 aromatic rings. The van der Waals surface area contributed by atoms with Gasteiger partial charge in [-0.3, -0.25) is 0 Å². The fraction of sp³-hybridized carbons (Fsp3) is 1.00. The Morgan fingerprint density at radius 3 is 2.71 bits per heavy atom. The molecular weight excluding hydrogens is 194 g/mol. The molecule has 0 radical (unpaired) electrons. The van der Waals surface area contributed by atoms with Crippen molar-refractivity contribution in [2.45, 2.75) is 50.5 Å². The summed E-state index contributed by atoms with van der Waals surface area (Å²) in [5, 5.41) is 4.14. The normalized spacial score (nSPS) is 25.3. The maximum absolute atomic E-state index is 5.67. The van der Waals surface area contributed by atoms with Crippen LogP contribution in [0.15, 0.2) is 0 Å². The number of likely N-dealkylation sites (N-methyl/N-ethyl adjacent to an activating group) is 1. The number of thioether (sulfide) groups is 1. The number of hydrogen-bond donors (Lipinski definition) is 1. The van der Waals surface area contributed by atoms with Crippen LogP contribution in [0.2, 0.25) is 0 Å². The van der Waals surface area contributed by atoms with Gasteiger partial charge in [0.1, 0.15) is 0 Å². The molecule has 14 heavy (non-hydrogen) atoms. The van der Waals surface area contributed by atoms with Crippen LogP contribution in [0.5, 0.6) is 0 Å². The lowest BCUT2D eigenvalue weighted by Gasteiger charge is -2.29. The van der Waals surface area contributed by atoms with E-state index in [2.05, 4.69) is 30.9 Å². The van der Waals surface area contributed by atoms with Gasteiger partial charge in [0.2, 0.25) is 0 Å². The summed E-state index contributed by atoms with van der Waals surface area (Å²) < 4.78 is 5.67. The monoisotopic (exact) mass is 217 g/mol. The van der Waals surface area contributed by atoms with Crippen molar-refractivity contribution in [3.05, 3.63) is 0 Å². The minimum absolute atomic E-state index is 0.347. The first kappa shape index (κ1) is 12.3. The first-order valence-electron chi connectivity index (χ1n) is 5.64. The second kappa shape index (κ2) is 6.70. The molecule has 1 aliphatic heterocycles. The highest BCUT2D eigenvalue weighted by atomic mass is 32.2. The van der Waals surface area contributed by atoms with E-state index in [1.165, 1.54) is 25.0 Å². The Kier molecular flexibility index (Phi) is 5.90. The third-order valence-electron chi connectivity index (χ3n) is 2.64. The van der Waals surface area contributed by atoms with Crippen molar-refractivity contribution in [1.29, 1.82) is 0 Å². The summed E-state index contributed by atoms with van der Waals surface area (Å²) in [6.07, 6.45) is 4.47. The van der Waals surface area contributed by atoms with Crippen LogP contribution in [0.4, 0.5) is 0 Å². The Morgan fingerprint density at radius 1 is 1.43 bits per heavy atom. The molecule has 0 saturated carbocycles. The summed E-state index contributed by atoms with van der Waals surface area (Å²) in [6, 6.07) is 0.530. The van der Waals surface area contributed by atoms with Crippen molar-refractivity contribution in [1.82, 2.24) is 5.32 Å². The fourth-order valence-electron chi connectivity index (χ4n) is 1.76. The molecule has 1 saturated heterocycles. The molecule has 1 aliphatic rings. The van der Waals surface area contributed by atoms with Crippen LogP contribution in [0.25, 0.3) is 0 Å². The van der Waals surface area contributed by atoms with E-state index in [-0.39, 0.29) is 0 Å². The van der Waals surface area contributed by atoms with Gasteiger partial charge in [0.15, 0.2) is 0 Å². The van der Waals surface area contributed by atoms with Crippen LogP contribution >= 0.6 is 11.8 Å². The quantitative estimate of drug-likeness (QED) is 0.763. The summed E-state index contributed by atoms with van der Waals surface area (Å²) in [7, 11) is 2.05. The van der Waals surface area contributed by atoms with E-state index in [1.54, 1.807) is 0 Å².